The molecule has 0 saturated heterocycles. The van der Waals surface area contributed by atoms with Gasteiger partial charge in [-0.3, -0.25) is 0 Å². The Morgan fingerprint density at radius 2 is 1.81 bits per heavy atom. The number of fused-ring (bicyclic) bond motifs is 1. The van der Waals surface area contributed by atoms with Crippen LogP contribution >= 0.6 is 11.8 Å². The maximum atomic E-state index is 14.9. The van der Waals surface area contributed by atoms with Gasteiger partial charge in [-0.15, -0.1) is 11.8 Å². The van der Waals surface area contributed by atoms with Crippen LogP contribution in [0.1, 0.15) is 45.1 Å². The highest BCUT2D eigenvalue weighted by molar-refractivity contribution is 7.98. The normalized spacial score (nSPS) is 18.5. The fourth-order valence-corrected chi connectivity index (χ4v) is 7.93. The van der Waals surface area contributed by atoms with E-state index >= 15 is 0 Å². The van der Waals surface area contributed by atoms with Gasteiger partial charge in [0.05, 0.1) is 23.2 Å². The van der Waals surface area contributed by atoms with Gasteiger partial charge in [-0.05, 0) is 55.0 Å². The molecule has 1 aliphatic rings. The number of methoxy groups -OCH3 is 1. The molecule has 43 heavy (non-hydrogen) atoms. The number of halogens is 1. The Morgan fingerprint density at radius 3 is 2.40 bits per heavy atom. The average Bonchev–Trinajstić information content (AvgIpc) is 3.10. The van der Waals surface area contributed by atoms with Gasteiger partial charge in [-0.2, -0.15) is 8.70 Å². The standard InChI is InChI=1S/C32H37FN2O6S2/c1-5-7-17-32(6-2)22-34(24-11-9-8-10-12-24)27-18-29(42-4)28(41-21-26(33)31(36)37)19-30(27)43(38,39)35(32)20-23-13-15-25(40-3)16-14-23/h8-16,18-19,21H,5-7,17,20,22H2,1-4H3,(H,36,37)/b26-21-. The Balaban J connectivity index is 2.00. The first-order chi connectivity index (χ1) is 20.6. The molecule has 0 amide bonds. The van der Waals surface area contributed by atoms with Gasteiger partial charge in [0.1, 0.15) is 22.7 Å². The zero-order valence-corrected chi connectivity index (χ0v) is 26.4. The van der Waals surface area contributed by atoms with E-state index in [1.165, 1.54) is 17.8 Å². The monoisotopic (exact) mass is 628 g/mol. The first-order valence-electron chi connectivity index (χ1n) is 14.1. The summed E-state index contributed by atoms with van der Waals surface area (Å²) in [5.74, 6) is -2.57. The number of aliphatic carboxylic acids is 1. The molecule has 1 aliphatic heterocycles. The number of carbonyl (C=O) groups is 1. The van der Waals surface area contributed by atoms with Gasteiger partial charge in [0.2, 0.25) is 15.9 Å². The fourth-order valence-electron chi connectivity index (χ4n) is 5.36. The van der Waals surface area contributed by atoms with Crippen molar-refractivity contribution in [2.45, 2.75) is 61.4 Å². The van der Waals surface area contributed by atoms with Crippen LogP contribution in [0, 0.1) is 0 Å². The van der Waals surface area contributed by atoms with Crippen LogP contribution in [0.25, 0.3) is 0 Å². The van der Waals surface area contributed by atoms with E-state index in [9.17, 15) is 17.6 Å². The number of anilines is 2. The molecule has 0 radical (unpaired) electrons. The van der Waals surface area contributed by atoms with Gasteiger partial charge in [0, 0.05) is 24.8 Å². The number of benzene rings is 3. The zero-order valence-electron chi connectivity index (χ0n) is 24.7. The molecule has 1 atom stereocenters. The van der Waals surface area contributed by atoms with Crippen molar-refractivity contribution in [2.24, 2.45) is 0 Å². The maximum Gasteiger partial charge on any atom is 0.368 e. The molecule has 8 nitrogen and oxygen atoms in total. The van der Waals surface area contributed by atoms with Crippen LogP contribution in [-0.2, 0) is 21.4 Å². The minimum absolute atomic E-state index is 0.00591. The lowest BCUT2D eigenvalue weighted by atomic mass is 9.88. The summed E-state index contributed by atoms with van der Waals surface area (Å²) in [5, 5.41) is 8.98. The summed E-state index contributed by atoms with van der Waals surface area (Å²) >= 11 is 1.29. The van der Waals surface area contributed by atoms with Crippen LogP contribution in [0.2, 0.25) is 0 Å². The number of para-hydroxylation sites is 1. The Hall–Kier alpha value is -3.54. The van der Waals surface area contributed by atoms with E-state index < -0.39 is 27.4 Å². The van der Waals surface area contributed by atoms with Crippen LogP contribution in [0.3, 0.4) is 0 Å². The van der Waals surface area contributed by atoms with Crippen LogP contribution in [0.5, 0.6) is 11.5 Å². The van der Waals surface area contributed by atoms with Gasteiger partial charge < -0.3 is 19.5 Å². The minimum atomic E-state index is -4.19. The second-order valence-corrected chi connectivity index (χ2v) is 13.0. The molecule has 0 fully saturated rings. The van der Waals surface area contributed by atoms with Gasteiger partial charge in [0.15, 0.2) is 0 Å². The molecular formula is C32H37FN2O6S2. The Morgan fingerprint density at radius 1 is 1.12 bits per heavy atom. The highest BCUT2D eigenvalue weighted by Gasteiger charge is 2.48. The molecule has 0 spiro atoms. The SMILES string of the molecule is CCCCC1(CC)CN(c2ccccc2)c2cc(SC)c(O/C=C(\F)C(=O)O)cc2S(=O)(=O)N1Cc1ccc(OC)cc1. The molecule has 3 aromatic rings. The third kappa shape index (κ3) is 6.84. The first kappa shape index (κ1) is 32.4. The molecule has 230 valence electrons. The van der Waals surface area contributed by atoms with Gasteiger partial charge >= 0.3 is 5.97 Å². The smallest absolute Gasteiger partial charge is 0.368 e. The number of rotatable bonds is 12. The molecule has 1 unspecified atom stereocenters. The summed E-state index contributed by atoms with van der Waals surface area (Å²) in [7, 11) is -2.61. The summed E-state index contributed by atoms with van der Waals surface area (Å²) in [4.78, 5) is 13.6. The first-order valence-corrected chi connectivity index (χ1v) is 16.7. The molecule has 1 heterocycles. The van der Waals surface area contributed by atoms with Crippen molar-refractivity contribution in [1.82, 2.24) is 4.31 Å². The van der Waals surface area contributed by atoms with Gasteiger partial charge in [0.25, 0.3) is 0 Å². The number of sulfonamides is 1. The Bertz CT molecular complexity index is 1560. The number of hydrogen-bond acceptors (Lipinski definition) is 7. The maximum absolute atomic E-state index is 14.9. The largest absolute Gasteiger partial charge is 0.497 e. The van der Waals surface area contributed by atoms with Crippen molar-refractivity contribution in [3.8, 4) is 11.5 Å². The molecule has 3 aromatic carbocycles. The lowest BCUT2D eigenvalue weighted by molar-refractivity contribution is -0.134. The number of thioether (sulfide) groups is 1. The van der Waals surface area contributed by atoms with Crippen molar-refractivity contribution in [3.63, 3.8) is 0 Å². The van der Waals surface area contributed by atoms with Crippen LogP contribution in [0.15, 0.2) is 88.6 Å². The molecule has 0 aromatic heterocycles. The topological polar surface area (TPSA) is 96.4 Å². The second-order valence-electron chi connectivity index (χ2n) is 10.3. The third-order valence-corrected chi connectivity index (χ3v) is 10.5. The van der Waals surface area contributed by atoms with E-state index in [0.29, 0.717) is 42.0 Å². The summed E-state index contributed by atoms with van der Waals surface area (Å²) in [6.45, 7) is 4.63. The van der Waals surface area contributed by atoms with Crippen LogP contribution in [-0.4, -0.2) is 49.2 Å². The Kier molecular flexibility index (Phi) is 10.4. The summed E-state index contributed by atoms with van der Waals surface area (Å²) in [6.07, 6.45) is 5.19. The molecule has 11 heteroatoms. The summed E-state index contributed by atoms with van der Waals surface area (Å²) in [6, 6.07) is 20.1. The third-order valence-electron chi connectivity index (χ3n) is 7.79. The van der Waals surface area contributed by atoms with Gasteiger partial charge in [-0.1, -0.05) is 57.0 Å². The lowest BCUT2D eigenvalue weighted by Crippen LogP contribution is -2.54. The van der Waals surface area contributed by atoms with E-state index in [1.807, 2.05) is 66.4 Å². The van der Waals surface area contributed by atoms with Crippen LogP contribution < -0.4 is 14.4 Å². The van der Waals surface area contributed by atoms with Crippen LogP contribution in [0.4, 0.5) is 15.8 Å². The lowest BCUT2D eigenvalue weighted by Gasteiger charge is -2.43. The van der Waals surface area contributed by atoms with Gasteiger partial charge in [-0.25, -0.2) is 13.2 Å². The van der Waals surface area contributed by atoms with Crippen molar-refractivity contribution in [2.75, 3.05) is 24.8 Å². The highest BCUT2D eigenvalue weighted by atomic mass is 32.2. The number of unbranched alkanes of at least 4 members (excludes halogenated alkanes) is 1. The van der Waals surface area contributed by atoms with E-state index in [4.69, 9.17) is 14.6 Å². The minimum Gasteiger partial charge on any atom is -0.497 e. The number of hydrogen-bond donors (Lipinski definition) is 1. The fraction of sp³-hybridized carbons (Fsp3) is 0.344. The Labute approximate surface area is 257 Å². The molecule has 1 N–H and O–H groups in total. The van der Waals surface area contributed by atoms with Crippen molar-refractivity contribution in [1.29, 1.82) is 0 Å². The van der Waals surface area contributed by atoms with Crippen molar-refractivity contribution >= 4 is 39.1 Å². The predicted octanol–water partition coefficient (Wildman–Crippen LogP) is 7.37. The predicted molar refractivity (Wildman–Crippen MR) is 167 cm³/mol. The molecule has 0 bridgehead atoms. The second kappa shape index (κ2) is 13.8. The molecule has 0 aliphatic carbocycles. The molecule has 4 rings (SSSR count). The van der Waals surface area contributed by atoms with E-state index in [2.05, 4.69) is 6.92 Å². The number of ether oxygens (including phenoxy) is 2. The average molecular weight is 629 g/mol. The van der Waals surface area contributed by atoms with Crippen molar-refractivity contribution in [3.05, 3.63) is 84.4 Å². The molecule has 0 saturated carbocycles. The zero-order chi connectivity index (χ0) is 31.2. The quantitative estimate of drug-likeness (QED) is 0.126. The number of carboxylic acid groups (broad SMARTS) is 1. The summed E-state index contributed by atoms with van der Waals surface area (Å²) in [5.41, 5.74) is 1.32. The number of carboxylic acids is 1. The highest BCUT2D eigenvalue weighted by Crippen LogP contribution is 2.47. The molecular weight excluding hydrogens is 591 g/mol. The summed E-state index contributed by atoms with van der Waals surface area (Å²) < 4.78 is 56.1. The van der Waals surface area contributed by atoms with E-state index in [1.54, 1.807) is 23.7 Å². The van der Waals surface area contributed by atoms with E-state index in [0.717, 1.165) is 24.1 Å². The van der Waals surface area contributed by atoms with Crippen molar-refractivity contribution < 1.29 is 32.2 Å². The number of nitrogens with zero attached hydrogens (tertiary/aromatic N) is 2. The van der Waals surface area contributed by atoms with E-state index in [-0.39, 0.29) is 17.2 Å².